The Balaban J connectivity index is 1.91. The van der Waals surface area contributed by atoms with Crippen molar-refractivity contribution in [2.45, 2.75) is 0 Å². The summed E-state index contributed by atoms with van der Waals surface area (Å²) < 4.78 is 2.15. The van der Waals surface area contributed by atoms with Crippen molar-refractivity contribution < 1.29 is 0 Å². The second kappa shape index (κ2) is 4.96. The number of nitrogens with one attached hydrogen (secondary N) is 1. The SMILES string of the molecule is NCC1C=Cc2ncc(N3CCNCC3)n2C=C1. The molecule has 96 valence electrons. The van der Waals surface area contributed by atoms with Crippen LogP contribution in [0.4, 0.5) is 5.82 Å². The van der Waals surface area contributed by atoms with Crippen LogP contribution in [0.1, 0.15) is 5.82 Å². The number of imidazole rings is 1. The Morgan fingerprint density at radius 3 is 2.94 bits per heavy atom. The summed E-state index contributed by atoms with van der Waals surface area (Å²) in [5.74, 6) is 2.46. The Bertz CT molecular complexity index is 468. The molecule has 1 aromatic heterocycles. The van der Waals surface area contributed by atoms with Crippen LogP contribution in [-0.4, -0.2) is 42.3 Å². The first-order chi connectivity index (χ1) is 8.88. The lowest BCUT2D eigenvalue weighted by Crippen LogP contribution is -2.44. The van der Waals surface area contributed by atoms with Gasteiger partial charge >= 0.3 is 0 Å². The van der Waals surface area contributed by atoms with Gasteiger partial charge in [-0.3, -0.25) is 4.57 Å². The van der Waals surface area contributed by atoms with Crippen molar-refractivity contribution in [1.82, 2.24) is 14.9 Å². The number of rotatable bonds is 2. The van der Waals surface area contributed by atoms with Gasteiger partial charge < -0.3 is 16.0 Å². The monoisotopic (exact) mass is 245 g/mol. The van der Waals surface area contributed by atoms with Gasteiger partial charge in [0.15, 0.2) is 0 Å². The summed E-state index contributed by atoms with van der Waals surface area (Å²) in [4.78, 5) is 6.85. The van der Waals surface area contributed by atoms with E-state index in [1.165, 1.54) is 5.82 Å². The molecule has 0 bridgehead atoms. The maximum atomic E-state index is 5.71. The standard InChI is InChI=1S/C13H19N5/c14-9-11-1-2-12-16-10-13(18(12)6-3-11)17-7-4-15-5-8-17/h1-3,6,10-11,15H,4-5,7-9,14H2. The van der Waals surface area contributed by atoms with Crippen LogP contribution in [0.15, 0.2) is 18.3 Å². The van der Waals surface area contributed by atoms with E-state index < -0.39 is 0 Å². The minimum Gasteiger partial charge on any atom is -0.354 e. The molecule has 3 N–H and O–H groups in total. The molecule has 0 aromatic carbocycles. The van der Waals surface area contributed by atoms with Crippen molar-refractivity contribution >= 4 is 18.1 Å². The van der Waals surface area contributed by atoms with Crippen molar-refractivity contribution in [2.75, 3.05) is 37.6 Å². The smallest absolute Gasteiger partial charge is 0.138 e. The molecule has 3 heterocycles. The summed E-state index contributed by atoms with van der Waals surface area (Å²) in [7, 11) is 0. The molecule has 5 nitrogen and oxygen atoms in total. The summed E-state index contributed by atoms with van der Waals surface area (Å²) in [6.07, 6.45) is 10.4. The topological polar surface area (TPSA) is 59.1 Å². The third-order valence-corrected chi connectivity index (χ3v) is 3.49. The molecule has 1 fully saturated rings. The highest BCUT2D eigenvalue weighted by Crippen LogP contribution is 2.22. The van der Waals surface area contributed by atoms with E-state index in [9.17, 15) is 0 Å². The lowest BCUT2D eigenvalue weighted by atomic mass is 10.1. The van der Waals surface area contributed by atoms with Crippen molar-refractivity contribution in [1.29, 1.82) is 0 Å². The van der Waals surface area contributed by atoms with E-state index in [0.29, 0.717) is 12.5 Å². The first-order valence-electron chi connectivity index (χ1n) is 6.48. The number of nitrogens with two attached hydrogens (primary N) is 1. The normalized spacial score (nSPS) is 22.9. The highest BCUT2D eigenvalue weighted by molar-refractivity contribution is 5.58. The average Bonchev–Trinajstić information content (AvgIpc) is 2.72. The van der Waals surface area contributed by atoms with Crippen molar-refractivity contribution in [3.05, 3.63) is 24.2 Å². The molecule has 1 aromatic rings. The minimum atomic E-state index is 0.308. The molecule has 2 aliphatic heterocycles. The predicted molar refractivity (Wildman–Crippen MR) is 74.2 cm³/mol. The van der Waals surface area contributed by atoms with E-state index >= 15 is 0 Å². The number of hydrogen-bond donors (Lipinski definition) is 2. The van der Waals surface area contributed by atoms with Crippen LogP contribution in [0.3, 0.4) is 0 Å². The zero-order valence-electron chi connectivity index (χ0n) is 10.4. The average molecular weight is 245 g/mol. The molecule has 0 radical (unpaired) electrons. The Hall–Kier alpha value is -1.59. The molecule has 0 spiro atoms. The number of fused-ring (bicyclic) bond motifs is 1. The van der Waals surface area contributed by atoms with Crippen LogP contribution in [0.2, 0.25) is 0 Å². The summed E-state index contributed by atoms with van der Waals surface area (Å²) in [6, 6.07) is 0. The van der Waals surface area contributed by atoms with Gasteiger partial charge in [-0.1, -0.05) is 12.2 Å². The summed E-state index contributed by atoms with van der Waals surface area (Å²) in [6.45, 7) is 4.77. The first-order valence-corrected chi connectivity index (χ1v) is 6.48. The molecule has 0 aliphatic carbocycles. The molecule has 1 atom stereocenters. The van der Waals surface area contributed by atoms with Crippen LogP contribution in [0, 0.1) is 5.92 Å². The lowest BCUT2D eigenvalue weighted by molar-refractivity contribution is 0.583. The molecular weight excluding hydrogens is 226 g/mol. The molecule has 1 saturated heterocycles. The number of piperazine rings is 1. The van der Waals surface area contributed by atoms with Crippen LogP contribution < -0.4 is 16.0 Å². The Morgan fingerprint density at radius 2 is 2.17 bits per heavy atom. The van der Waals surface area contributed by atoms with Gasteiger partial charge in [0, 0.05) is 44.8 Å². The van der Waals surface area contributed by atoms with Gasteiger partial charge in [-0.15, -0.1) is 0 Å². The van der Waals surface area contributed by atoms with E-state index in [4.69, 9.17) is 5.73 Å². The largest absolute Gasteiger partial charge is 0.354 e. The highest BCUT2D eigenvalue weighted by atomic mass is 15.3. The number of anilines is 1. The summed E-state index contributed by atoms with van der Waals surface area (Å²) in [5, 5.41) is 3.37. The Morgan fingerprint density at radius 1 is 1.33 bits per heavy atom. The van der Waals surface area contributed by atoms with Gasteiger partial charge in [0.2, 0.25) is 0 Å². The number of nitrogens with zero attached hydrogens (tertiary/aromatic N) is 3. The molecule has 2 aliphatic rings. The van der Waals surface area contributed by atoms with E-state index in [1.54, 1.807) is 0 Å². The fourth-order valence-electron chi connectivity index (χ4n) is 2.40. The van der Waals surface area contributed by atoms with Crippen molar-refractivity contribution in [2.24, 2.45) is 11.7 Å². The molecular formula is C13H19N5. The van der Waals surface area contributed by atoms with Gasteiger partial charge in [-0.05, 0) is 6.08 Å². The molecule has 0 amide bonds. The van der Waals surface area contributed by atoms with E-state index in [2.05, 4.69) is 44.2 Å². The zero-order valence-corrected chi connectivity index (χ0v) is 10.4. The fraction of sp³-hybridized carbons (Fsp3) is 0.462. The Labute approximate surface area is 107 Å². The van der Waals surface area contributed by atoms with E-state index in [0.717, 1.165) is 32.0 Å². The van der Waals surface area contributed by atoms with E-state index in [1.807, 2.05) is 6.20 Å². The lowest BCUT2D eigenvalue weighted by Gasteiger charge is -2.29. The molecule has 3 rings (SSSR count). The first kappa shape index (κ1) is 11.5. The van der Waals surface area contributed by atoms with Crippen LogP contribution in [-0.2, 0) is 0 Å². The third kappa shape index (κ3) is 2.07. The van der Waals surface area contributed by atoms with Crippen molar-refractivity contribution in [3.8, 4) is 0 Å². The van der Waals surface area contributed by atoms with E-state index in [-0.39, 0.29) is 0 Å². The van der Waals surface area contributed by atoms with Gasteiger partial charge in [-0.25, -0.2) is 4.98 Å². The van der Waals surface area contributed by atoms with Gasteiger partial charge in [0.1, 0.15) is 11.6 Å². The highest BCUT2D eigenvalue weighted by Gasteiger charge is 2.17. The van der Waals surface area contributed by atoms with Gasteiger partial charge in [0.25, 0.3) is 0 Å². The predicted octanol–water partition coefficient (Wildman–Crippen LogP) is 0.365. The summed E-state index contributed by atoms with van der Waals surface area (Å²) >= 11 is 0. The number of hydrogen-bond acceptors (Lipinski definition) is 4. The maximum Gasteiger partial charge on any atom is 0.138 e. The Kier molecular flexibility index (Phi) is 3.17. The number of aromatic nitrogens is 2. The second-order valence-corrected chi connectivity index (χ2v) is 4.68. The molecule has 5 heteroatoms. The fourth-order valence-corrected chi connectivity index (χ4v) is 2.40. The summed E-state index contributed by atoms with van der Waals surface area (Å²) in [5.41, 5.74) is 5.71. The zero-order chi connectivity index (χ0) is 12.4. The van der Waals surface area contributed by atoms with Gasteiger partial charge in [0.05, 0.1) is 6.20 Å². The van der Waals surface area contributed by atoms with Crippen LogP contribution in [0.25, 0.3) is 12.3 Å². The maximum absolute atomic E-state index is 5.71. The quantitative estimate of drug-likeness (QED) is 0.790. The minimum absolute atomic E-state index is 0.308. The van der Waals surface area contributed by atoms with Crippen LogP contribution in [0.5, 0.6) is 0 Å². The molecule has 18 heavy (non-hydrogen) atoms. The second-order valence-electron chi connectivity index (χ2n) is 4.68. The van der Waals surface area contributed by atoms with Crippen molar-refractivity contribution in [3.63, 3.8) is 0 Å². The molecule has 0 saturated carbocycles. The van der Waals surface area contributed by atoms with Gasteiger partial charge in [-0.2, -0.15) is 0 Å². The molecule has 1 unspecified atom stereocenters. The van der Waals surface area contributed by atoms with Crippen LogP contribution >= 0.6 is 0 Å². The third-order valence-electron chi connectivity index (χ3n) is 3.49.